The molecular formula is C11H22N2OS. The van der Waals surface area contributed by atoms with Gasteiger partial charge in [0.1, 0.15) is 5.54 Å². The predicted molar refractivity (Wildman–Crippen MR) is 66.1 cm³/mol. The first-order valence-corrected chi connectivity index (χ1v) is 6.57. The average Bonchev–Trinajstić information content (AvgIpc) is 2.24. The highest BCUT2D eigenvalue weighted by Gasteiger charge is 2.20. The minimum Gasteiger partial charge on any atom is -0.384 e. The van der Waals surface area contributed by atoms with E-state index in [4.69, 9.17) is 10.00 Å². The molecule has 1 N–H and O–H groups in total. The molecule has 0 aliphatic heterocycles. The first-order chi connectivity index (χ1) is 7.18. The number of rotatable bonds is 9. The summed E-state index contributed by atoms with van der Waals surface area (Å²) in [6, 6.07) is 2.34. The van der Waals surface area contributed by atoms with Crippen LogP contribution in [0.4, 0.5) is 0 Å². The van der Waals surface area contributed by atoms with Crippen LogP contribution in [0.1, 0.15) is 26.7 Å². The second kappa shape index (κ2) is 9.02. The van der Waals surface area contributed by atoms with Crippen molar-refractivity contribution >= 4 is 11.8 Å². The van der Waals surface area contributed by atoms with Crippen LogP contribution in [0.3, 0.4) is 0 Å². The summed E-state index contributed by atoms with van der Waals surface area (Å²) >= 11 is 1.88. The molecule has 0 aromatic carbocycles. The van der Waals surface area contributed by atoms with Gasteiger partial charge in [0.05, 0.1) is 12.7 Å². The van der Waals surface area contributed by atoms with Crippen LogP contribution in [0.2, 0.25) is 0 Å². The smallest absolute Gasteiger partial charge is 0.103 e. The van der Waals surface area contributed by atoms with Gasteiger partial charge in [-0.1, -0.05) is 6.92 Å². The summed E-state index contributed by atoms with van der Waals surface area (Å²) in [5.74, 6) is 2.15. The zero-order valence-electron chi connectivity index (χ0n) is 10.0. The summed E-state index contributed by atoms with van der Waals surface area (Å²) in [6.45, 7) is 5.66. The van der Waals surface area contributed by atoms with Gasteiger partial charge in [0.25, 0.3) is 0 Å². The number of ether oxygens (including phenoxy) is 1. The van der Waals surface area contributed by atoms with Crippen LogP contribution < -0.4 is 5.32 Å². The Hall–Kier alpha value is -0.240. The molecule has 0 rings (SSSR count). The standard InChI is InChI=1S/C11H22N2OS/c1-4-13-11(2,10-12)6-5-8-15-9-7-14-3/h13H,4-9H2,1-3H3. The van der Waals surface area contributed by atoms with Crippen molar-refractivity contribution < 1.29 is 4.74 Å². The minimum absolute atomic E-state index is 0.351. The molecular weight excluding hydrogens is 208 g/mol. The Kier molecular flexibility index (Phi) is 8.88. The molecule has 3 nitrogen and oxygen atoms in total. The Balaban J connectivity index is 3.51. The molecule has 0 radical (unpaired) electrons. The van der Waals surface area contributed by atoms with Crippen molar-refractivity contribution in [2.75, 3.05) is 31.8 Å². The van der Waals surface area contributed by atoms with Gasteiger partial charge < -0.3 is 4.74 Å². The monoisotopic (exact) mass is 230 g/mol. The van der Waals surface area contributed by atoms with E-state index in [1.165, 1.54) is 0 Å². The third kappa shape index (κ3) is 7.66. The summed E-state index contributed by atoms with van der Waals surface area (Å²) < 4.78 is 4.96. The second-order valence-corrected chi connectivity index (χ2v) is 4.91. The fourth-order valence-corrected chi connectivity index (χ4v) is 2.18. The summed E-state index contributed by atoms with van der Waals surface area (Å²) in [5.41, 5.74) is -0.351. The molecule has 0 spiro atoms. The summed E-state index contributed by atoms with van der Waals surface area (Å²) in [4.78, 5) is 0. The van der Waals surface area contributed by atoms with Crippen molar-refractivity contribution in [2.45, 2.75) is 32.2 Å². The molecule has 0 saturated carbocycles. The van der Waals surface area contributed by atoms with Gasteiger partial charge in [-0.05, 0) is 32.1 Å². The maximum atomic E-state index is 9.02. The highest BCUT2D eigenvalue weighted by atomic mass is 32.2. The van der Waals surface area contributed by atoms with Crippen molar-refractivity contribution in [1.82, 2.24) is 5.32 Å². The third-order valence-corrected chi connectivity index (χ3v) is 3.24. The molecule has 88 valence electrons. The molecule has 1 unspecified atom stereocenters. The molecule has 0 saturated heterocycles. The maximum Gasteiger partial charge on any atom is 0.103 e. The van der Waals surface area contributed by atoms with Crippen molar-refractivity contribution in [3.05, 3.63) is 0 Å². The quantitative estimate of drug-likeness (QED) is 0.616. The Bertz CT molecular complexity index is 194. The fraction of sp³-hybridized carbons (Fsp3) is 0.909. The normalized spacial score (nSPS) is 14.5. The van der Waals surface area contributed by atoms with E-state index in [0.717, 1.165) is 37.5 Å². The van der Waals surface area contributed by atoms with Crippen molar-refractivity contribution in [1.29, 1.82) is 5.26 Å². The van der Waals surface area contributed by atoms with Crippen LogP contribution in [0.15, 0.2) is 0 Å². The van der Waals surface area contributed by atoms with Gasteiger partial charge in [0, 0.05) is 12.9 Å². The molecule has 0 amide bonds. The topological polar surface area (TPSA) is 45.0 Å². The van der Waals surface area contributed by atoms with E-state index in [0.29, 0.717) is 0 Å². The molecule has 0 aliphatic carbocycles. The van der Waals surface area contributed by atoms with Crippen LogP contribution >= 0.6 is 11.8 Å². The van der Waals surface area contributed by atoms with Crippen LogP contribution in [-0.2, 0) is 4.74 Å². The largest absolute Gasteiger partial charge is 0.384 e. The maximum absolute atomic E-state index is 9.02. The number of thioether (sulfide) groups is 1. The lowest BCUT2D eigenvalue weighted by Gasteiger charge is -2.22. The lowest BCUT2D eigenvalue weighted by atomic mass is 9.98. The fourth-order valence-electron chi connectivity index (χ4n) is 1.35. The second-order valence-electron chi connectivity index (χ2n) is 3.68. The lowest BCUT2D eigenvalue weighted by molar-refractivity contribution is 0.218. The van der Waals surface area contributed by atoms with Crippen molar-refractivity contribution in [2.24, 2.45) is 0 Å². The first-order valence-electron chi connectivity index (χ1n) is 5.41. The van der Waals surface area contributed by atoms with Gasteiger partial charge in [0.2, 0.25) is 0 Å². The van der Waals surface area contributed by atoms with Crippen LogP contribution in [0, 0.1) is 11.3 Å². The number of hydrogen-bond donors (Lipinski definition) is 1. The number of nitriles is 1. The van der Waals surface area contributed by atoms with Gasteiger partial charge in [-0.2, -0.15) is 17.0 Å². The molecule has 0 aliphatic rings. The number of nitrogens with one attached hydrogen (secondary N) is 1. The Morgan fingerprint density at radius 3 is 2.73 bits per heavy atom. The minimum atomic E-state index is -0.351. The van der Waals surface area contributed by atoms with E-state index in [9.17, 15) is 0 Å². The Morgan fingerprint density at radius 2 is 2.20 bits per heavy atom. The molecule has 0 bridgehead atoms. The van der Waals surface area contributed by atoms with Crippen molar-refractivity contribution in [3.8, 4) is 6.07 Å². The lowest BCUT2D eigenvalue weighted by Crippen LogP contribution is -2.40. The molecule has 4 heteroatoms. The zero-order valence-corrected chi connectivity index (χ0v) is 10.8. The molecule has 0 aromatic rings. The van der Waals surface area contributed by atoms with Gasteiger partial charge >= 0.3 is 0 Å². The van der Waals surface area contributed by atoms with E-state index in [1.54, 1.807) is 7.11 Å². The summed E-state index contributed by atoms with van der Waals surface area (Å²) in [7, 11) is 1.72. The molecule has 15 heavy (non-hydrogen) atoms. The highest BCUT2D eigenvalue weighted by Crippen LogP contribution is 2.14. The third-order valence-electron chi connectivity index (χ3n) is 2.21. The van der Waals surface area contributed by atoms with E-state index < -0.39 is 0 Å². The van der Waals surface area contributed by atoms with Crippen molar-refractivity contribution in [3.63, 3.8) is 0 Å². The van der Waals surface area contributed by atoms with E-state index >= 15 is 0 Å². The van der Waals surface area contributed by atoms with Gasteiger partial charge in [-0.3, -0.25) is 5.32 Å². The van der Waals surface area contributed by atoms with Gasteiger partial charge in [-0.15, -0.1) is 0 Å². The number of hydrogen-bond acceptors (Lipinski definition) is 4. The molecule has 0 fully saturated rings. The van der Waals surface area contributed by atoms with E-state index in [2.05, 4.69) is 11.4 Å². The van der Waals surface area contributed by atoms with Crippen LogP contribution in [0.25, 0.3) is 0 Å². The Morgan fingerprint density at radius 1 is 1.47 bits per heavy atom. The van der Waals surface area contributed by atoms with Crippen LogP contribution in [-0.4, -0.2) is 37.3 Å². The summed E-state index contributed by atoms with van der Waals surface area (Å²) in [5, 5.41) is 12.2. The number of nitrogens with zero attached hydrogens (tertiary/aromatic N) is 1. The summed E-state index contributed by atoms with van der Waals surface area (Å²) in [6.07, 6.45) is 1.99. The Labute approximate surface area is 97.6 Å². The van der Waals surface area contributed by atoms with Crippen LogP contribution in [0.5, 0.6) is 0 Å². The highest BCUT2D eigenvalue weighted by molar-refractivity contribution is 7.99. The molecule has 1 atom stereocenters. The zero-order chi connectivity index (χ0) is 11.6. The average molecular weight is 230 g/mol. The predicted octanol–water partition coefficient (Wildman–Crippen LogP) is 2.04. The number of methoxy groups -OCH3 is 1. The van der Waals surface area contributed by atoms with Gasteiger partial charge in [0.15, 0.2) is 0 Å². The van der Waals surface area contributed by atoms with E-state index in [-0.39, 0.29) is 5.54 Å². The molecule has 0 heterocycles. The van der Waals surface area contributed by atoms with E-state index in [1.807, 2.05) is 25.6 Å². The molecule has 0 aromatic heterocycles. The SMILES string of the molecule is CCNC(C)(C#N)CCCSCCOC. The first kappa shape index (κ1) is 14.8. The van der Waals surface area contributed by atoms with Gasteiger partial charge in [-0.25, -0.2) is 0 Å².